The standard InChI is InChI=1S/C8H12O5/c9-3-5-4(1-8(12)13)6(10)2-7(5)11/h3-7,10-11H,1-2H2,(H,12,13). The lowest BCUT2D eigenvalue weighted by atomic mass is 9.92. The number of aliphatic hydroxyl groups is 2. The smallest absolute Gasteiger partial charge is 0.303 e. The van der Waals surface area contributed by atoms with Crippen LogP contribution < -0.4 is 0 Å². The molecule has 13 heavy (non-hydrogen) atoms. The molecule has 5 heteroatoms. The molecule has 74 valence electrons. The Bertz CT molecular complexity index is 215. The monoisotopic (exact) mass is 188 g/mol. The van der Waals surface area contributed by atoms with Gasteiger partial charge in [0.2, 0.25) is 0 Å². The highest BCUT2D eigenvalue weighted by atomic mass is 16.4. The van der Waals surface area contributed by atoms with E-state index in [1.165, 1.54) is 0 Å². The van der Waals surface area contributed by atoms with Crippen LogP contribution in [0, 0.1) is 11.8 Å². The van der Waals surface area contributed by atoms with Crippen molar-refractivity contribution in [3.63, 3.8) is 0 Å². The van der Waals surface area contributed by atoms with Crippen LogP contribution in [0.3, 0.4) is 0 Å². The van der Waals surface area contributed by atoms with Gasteiger partial charge in [-0.05, 0) is 0 Å². The average molecular weight is 188 g/mol. The second kappa shape index (κ2) is 3.85. The first-order valence-electron chi connectivity index (χ1n) is 4.09. The van der Waals surface area contributed by atoms with E-state index >= 15 is 0 Å². The SMILES string of the molecule is O=CC1C(O)CC(O)C1CC(=O)O. The van der Waals surface area contributed by atoms with E-state index in [4.69, 9.17) is 5.11 Å². The Hall–Kier alpha value is -0.940. The molecule has 0 spiro atoms. The molecular formula is C8H12O5. The maximum Gasteiger partial charge on any atom is 0.303 e. The molecule has 0 aromatic rings. The summed E-state index contributed by atoms with van der Waals surface area (Å²) in [7, 11) is 0. The maximum absolute atomic E-state index is 10.5. The molecule has 1 rings (SSSR count). The molecule has 0 aliphatic heterocycles. The van der Waals surface area contributed by atoms with Gasteiger partial charge < -0.3 is 20.1 Å². The molecule has 0 saturated heterocycles. The largest absolute Gasteiger partial charge is 0.481 e. The lowest BCUT2D eigenvalue weighted by molar-refractivity contribution is -0.139. The number of aldehydes is 1. The van der Waals surface area contributed by atoms with Gasteiger partial charge in [0, 0.05) is 18.3 Å². The van der Waals surface area contributed by atoms with Gasteiger partial charge in [0.1, 0.15) is 6.29 Å². The number of carbonyl (C=O) groups is 2. The topological polar surface area (TPSA) is 94.8 Å². The second-order valence-corrected chi connectivity index (χ2v) is 3.35. The normalized spacial score (nSPS) is 38.9. The minimum absolute atomic E-state index is 0.0847. The highest BCUT2D eigenvalue weighted by Gasteiger charge is 2.42. The molecule has 3 N–H and O–H groups in total. The zero-order chi connectivity index (χ0) is 10.0. The predicted molar refractivity (Wildman–Crippen MR) is 41.9 cm³/mol. The zero-order valence-electron chi connectivity index (χ0n) is 6.96. The number of carboxylic acid groups (broad SMARTS) is 1. The average Bonchev–Trinajstić information content (AvgIpc) is 2.26. The quantitative estimate of drug-likeness (QED) is 0.495. The molecule has 1 saturated carbocycles. The van der Waals surface area contributed by atoms with E-state index < -0.39 is 30.0 Å². The number of aliphatic carboxylic acids is 1. The number of rotatable bonds is 3. The Balaban J connectivity index is 2.68. The van der Waals surface area contributed by atoms with Crippen molar-refractivity contribution in [1.29, 1.82) is 0 Å². The van der Waals surface area contributed by atoms with Gasteiger partial charge in [0.25, 0.3) is 0 Å². The van der Waals surface area contributed by atoms with E-state index in [9.17, 15) is 19.8 Å². The summed E-state index contributed by atoms with van der Waals surface area (Å²) < 4.78 is 0. The van der Waals surface area contributed by atoms with E-state index in [1.807, 2.05) is 0 Å². The van der Waals surface area contributed by atoms with Crippen LogP contribution in [0.1, 0.15) is 12.8 Å². The molecule has 0 heterocycles. The summed E-state index contributed by atoms with van der Waals surface area (Å²) in [4.78, 5) is 20.9. The summed E-state index contributed by atoms with van der Waals surface area (Å²) in [6, 6.07) is 0. The van der Waals surface area contributed by atoms with Gasteiger partial charge in [0.05, 0.1) is 18.6 Å². The molecule has 5 nitrogen and oxygen atoms in total. The third kappa shape index (κ3) is 2.05. The molecule has 0 bridgehead atoms. The van der Waals surface area contributed by atoms with Crippen LogP contribution >= 0.6 is 0 Å². The van der Waals surface area contributed by atoms with Gasteiger partial charge in [-0.1, -0.05) is 0 Å². The molecule has 4 unspecified atom stereocenters. The molecule has 0 aromatic heterocycles. The molecule has 0 amide bonds. The second-order valence-electron chi connectivity index (χ2n) is 3.35. The van der Waals surface area contributed by atoms with Crippen LogP contribution in [0.25, 0.3) is 0 Å². The molecule has 1 aliphatic carbocycles. The van der Waals surface area contributed by atoms with Crippen molar-refractivity contribution < 1.29 is 24.9 Å². The lowest BCUT2D eigenvalue weighted by Gasteiger charge is -2.15. The summed E-state index contributed by atoms with van der Waals surface area (Å²) in [6.07, 6.45) is -1.46. The molecule has 0 aromatic carbocycles. The fourth-order valence-corrected chi connectivity index (χ4v) is 1.79. The Morgan fingerprint density at radius 2 is 2.00 bits per heavy atom. The Kier molecular flexibility index (Phi) is 3.00. The van der Waals surface area contributed by atoms with Gasteiger partial charge in [0.15, 0.2) is 0 Å². The first-order chi connectivity index (χ1) is 6.06. The lowest BCUT2D eigenvalue weighted by Crippen LogP contribution is -2.25. The molecule has 1 fully saturated rings. The predicted octanol–water partition coefficient (Wildman–Crippen LogP) is -0.982. The van der Waals surface area contributed by atoms with Crippen molar-refractivity contribution in [1.82, 2.24) is 0 Å². The van der Waals surface area contributed by atoms with Crippen molar-refractivity contribution in [2.24, 2.45) is 11.8 Å². The molecule has 0 radical (unpaired) electrons. The van der Waals surface area contributed by atoms with Crippen LogP contribution in [-0.2, 0) is 9.59 Å². The maximum atomic E-state index is 10.5. The summed E-state index contributed by atoms with van der Waals surface area (Å²) in [6.45, 7) is 0. The van der Waals surface area contributed by atoms with Crippen molar-refractivity contribution >= 4 is 12.3 Å². The van der Waals surface area contributed by atoms with Gasteiger partial charge in [-0.2, -0.15) is 0 Å². The molecular weight excluding hydrogens is 176 g/mol. The highest BCUT2D eigenvalue weighted by Crippen LogP contribution is 2.33. The minimum atomic E-state index is -1.06. The number of hydrogen-bond donors (Lipinski definition) is 3. The van der Waals surface area contributed by atoms with E-state index in [-0.39, 0.29) is 12.8 Å². The molecule has 1 aliphatic rings. The van der Waals surface area contributed by atoms with Crippen LogP contribution in [0.4, 0.5) is 0 Å². The van der Waals surface area contributed by atoms with E-state index in [2.05, 4.69) is 0 Å². The van der Waals surface area contributed by atoms with Crippen molar-refractivity contribution in [3.05, 3.63) is 0 Å². The van der Waals surface area contributed by atoms with Crippen molar-refractivity contribution in [2.75, 3.05) is 0 Å². The highest BCUT2D eigenvalue weighted by molar-refractivity contribution is 5.68. The van der Waals surface area contributed by atoms with Crippen LogP contribution in [0.5, 0.6) is 0 Å². The van der Waals surface area contributed by atoms with Crippen LogP contribution in [-0.4, -0.2) is 39.8 Å². The van der Waals surface area contributed by atoms with Crippen LogP contribution in [0.2, 0.25) is 0 Å². The summed E-state index contributed by atoms with van der Waals surface area (Å²) in [5.41, 5.74) is 0. The van der Waals surface area contributed by atoms with Gasteiger partial charge in [-0.15, -0.1) is 0 Å². The minimum Gasteiger partial charge on any atom is -0.481 e. The van der Waals surface area contributed by atoms with Crippen LogP contribution in [0.15, 0.2) is 0 Å². The van der Waals surface area contributed by atoms with E-state index in [1.54, 1.807) is 0 Å². The third-order valence-corrected chi connectivity index (χ3v) is 2.48. The first kappa shape index (κ1) is 10.1. The summed E-state index contributed by atoms with van der Waals surface area (Å²) in [5.74, 6) is -2.46. The van der Waals surface area contributed by atoms with E-state index in [0.717, 1.165) is 0 Å². The van der Waals surface area contributed by atoms with E-state index in [0.29, 0.717) is 6.29 Å². The van der Waals surface area contributed by atoms with Crippen molar-refractivity contribution in [3.8, 4) is 0 Å². The first-order valence-corrected chi connectivity index (χ1v) is 4.09. The Morgan fingerprint density at radius 3 is 2.46 bits per heavy atom. The molecule has 4 atom stereocenters. The Labute approximate surface area is 75.0 Å². The van der Waals surface area contributed by atoms with Gasteiger partial charge in [-0.25, -0.2) is 0 Å². The van der Waals surface area contributed by atoms with Gasteiger partial charge >= 0.3 is 5.97 Å². The zero-order valence-corrected chi connectivity index (χ0v) is 6.96. The number of carbonyl (C=O) groups excluding carboxylic acids is 1. The fourth-order valence-electron chi connectivity index (χ4n) is 1.79. The van der Waals surface area contributed by atoms with Crippen molar-refractivity contribution in [2.45, 2.75) is 25.0 Å². The van der Waals surface area contributed by atoms with Gasteiger partial charge in [-0.3, -0.25) is 4.79 Å². The summed E-state index contributed by atoms with van der Waals surface area (Å²) in [5, 5.41) is 27.1. The number of aliphatic hydroxyl groups excluding tert-OH is 2. The number of carboxylic acids is 1. The third-order valence-electron chi connectivity index (χ3n) is 2.48. The fraction of sp³-hybridized carbons (Fsp3) is 0.750. The Morgan fingerprint density at radius 1 is 1.38 bits per heavy atom. The summed E-state index contributed by atoms with van der Waals surface area (Å²) >= 11 is 0. The number of hydrogen-bond acceptors (Lipinski definition) is 4.